The van der Waals surface area contributed by atoms with E-state index in [-0.39, 0.29) is 6.42 Å². The Labute approximate surface area is 81.7 Å². The van der Waals surface area contributed by atoms with Crippen LogP contribution in [0, 0.1) is 13.8 Å². The second kappa shape index (κ2) is 4.23. The van der Waals surface area contributed by atoms with Gasteiger partial charge in [0.05, 0.1) is 25.3 Å². The van der Waals surface area contributed by atoms with Crippen LogP contribution in [0.4, 0.5) is 0 Å². The van der Waals surface area contributed by atoms with Crippen LogP contribution >= 0.6 is 0 Å². The van der Waals surface area contributed by atoms with Gasteiger partial charge in [-0.2, -0.15) is 0 Å². The van der Waals surface area contributed by atoms with Crippen molar-refractivity contribution in [3.05, 3.63) is 17.0 Å². The molecule has 14 heavy (non-hydrogen) atoms. The van der Waals surface area contributed by atoms with Gasteiger partial charge in [-0.1, -0.05) is 5.16 Å². The second-order valence-corrected chi connectivity index (χ2v) is 3.03. The topological polar surface area (TPSA) is 72.6 Å². The number of aliphatic hydroxyl groups excluding tert-OH is 1. The van der Waals surface area contributed by atoms with E-state index in [1.54, 1.807) is 13.8 Å². The molecule has 5 heteroatoms. The van der Waals surface area contributed by atoms with E-state index in [4.69, 9.17) is 4.52 Å². The first-order valence-electron chi connectivity index (χ1n) is 4.24. The van der Waals surface area contributed by atoms with Crippen LogP contribution in [0.1, 0.15) is 29.5 Å². The minimum atomic E-state index is -0.909. The summed E-state index contributed by atoms with van der Waals surface area (Å²) in [5, 5.41) is 13.4. The molecule has 1 aromatic heterocycles. The number of nitrogens with zero attached hydrogens (tertiary/aromatic N) is 1. The lowest BCUT2D eigenvalue weighted by atomic mass is 10.1. The Morgan fingerprint density at radius 1 is 1.64 bits per heavy atom. The maximum Gasteiger partial charge on any atom is 0.308 e. The summed E-state index contributed by atoms with van der Waals surface area (Å²) in [5.41, 5.74) is 1.16. The second-order valence-electron chi connectivity index (χ2n) is 3.03. The Hall–Kier alpha value is -1.36. The highest BCUT2D eigenvalue weighted by atomic mass is 16.5. The molecule has 1 N–H and O–H groups in total. The van der Waals surface area contributed by atoms with E-state index >= 15 is 0 Å². The maximum absolute atomic E-state index is 10.9. The van der Waals surface area contributed by atoms with Crippen molar-refractivity contribution >= 4 is 5.97 Å². The molecule has 0 aliphatic heterocycles. The van der Waals surface area contributed by atoms with Crippen LogP contribution in [0.2, 0.25) is 0 Å². The van der Waals surface area contributed by atoms with Crippen molar-refractivity contribution in [3.8, 4) is 0 Å². The van der Waals surface area contributed by atoms with Gasteiger partial charge in [-0.25, -0.2) is 0 Å². The number of hydrogen-bond donors (Lipinski definition) is 1. The van der Waals surface area contributed by atoms with E-state index in [1.165, 1.54) is 7.11 Å². The summed E-state index contributed by atoms with van der Waals surface area (Å²) in [7, 11) is 1.28. The molecule has 0 spiro atoms. The maximum atomic E-state index is 10.9. The first-order valence-corrected chi connectivity index (χ1v) is 4.24. The van der Waals surface area contributed by atoms with Gasteiger partial charge in [0, 0.05) is 5.56 Å². The van der Waals surface area contributed by atoms with Crippen molar-refractivity contribution in [1.29, 1.82) is 0 Å². The van der Waals surface area contributed by atoms with Gasteiger partial charge < -0.3 is 14.4 Å². The molecule has 0 aromatic carbocycles. The van der Waals surface area contributed by atoms with Crippen molar-refractivity contribution in [3.63, 3.8) is 0 Å². The van der Waals surface area contributed by atoms with Gasteiger partial charge in [-0.05, 0) is 13.8 Å². The molecule has 5 nitrogen and oxygen atoms in total. The van der Waals surface area contributed by atoms with E-state index in [1.807, 2.05) is 0 Å². The molecule has 1 unspecified atom stereocenters. The summed E-state index contributed by atoms with van der Waals surface area (Å²) in [5.74, 6) is 0.0661. The summed E-state index contributed by atoms with van der Waals surface area (Å²) in [6.45, 7) is 3.40. The lowest BCUT2D eigenvalue weighted by molar-refractivity contribution is -0.142. The molecule has 1 aromatic rings. The number of hydrogen-bond acceptors (Lipinski definition) is 5. The van der Waals surface area contributed by atoms with Crippen molar-refractivity contribution in [2.45, 2.75) is 26.4 Å². The number of aryl methyl sites for hydroxylation is 2. The van der Waals surface area contributed by atoms with E-state index < -0.39 is 12.1 Å². The standard InChI is InChI=1S/C9H13NO4/c1-5-9(6(2)14-10-5)7(11)4-8(12)13-3/h7,11H,4H2,1-3H3. The lowest BCUT2D eigenvalue weighted by Gasteiger charge is -2.07. The summed E-state index contributed by atoms with van der Waals surface area (Å²) in [4.78, 5) is 10.9. The molecule has 0 saturated heterocycles. The zero-order chi connectivity index (χ0) is 10.7. The van der Waals surface area contributed by atoms with Gasteiger partial charge in [-0.15, -0.1) is 0 Å². The number of carbonyl (C=O) groups excluding carboxylic acids is 1. The Morgan fingerprint density at radius 2 is 2.29 bits per heavy atom. The third kappa shape index (κ3) is 2.11. The van der Waals surface area contributed by atoms with Crippen molar-refractivity contribution in [2.75, 3.05) is 7.11 Å². The van der Waals surface area contributed by atoms with Crippen LogP contribution in [0.5, 0.6) is 0 Å². The summed E-state index contributed by atoms with van der Waals surface area (Å²) >= 11 is 0. The normalized spacial score (nSPS) is 12.6. The number of ether oxygens (including phenoxy) is 1. The van der Waals surface area contributed by atoms with Crippen LogP contribution in [-0.4, -0.2) is 23.3 Å². The van der Waals surface area contributed by atoms with E-state index in [9.17, 15) is 9.90 Å². The molecule has 78 valence electrons. The Morgan fingerprint density at radius 3 is 2.71 bits per heavy atom. The van der Waals surface area contributed by atoms with Gasteiger partial charge in [0.2, 0.25) is 0 Å². The fraction of sp³-hybridized carbons (Fsp3) is 0.556. The van der Waals surface area contributed by atoms with Gasteiger partial charge in [0.25, 0.3) is 0 Å². The number of carbonyl (C=O) groups is 1. The molecule has 0 fully saturated rings. The third-order valence-electron chi connectivity index (χ3n) is 2.01. The van der Waals surface area contributed by atoms with Crippen LogP contribution in [0.15, 0.2) is 4.52 Å². The van der Waals surface area contributed by atoms with Crippen molar-refractivity contribution in [2.24, 2.45) is 0 Å². The molecule has 1 heterocycles. The number of aliphatic hydroxyl groups is 1. The fourth-order valence-electron chi connectivity index (χ4n) is 1.31. The first kappa shape index (κ1) is 10.7. The average molecular weight is 199 g/mol. The van der Waals surface area contributed by atoms with E-state index in [2.05, 4.69) is 9.89 Å². The molecule has 0 saturated carbocycles. The minimum absolute atomic E-state index is 0.0839. The molecular formula is C9H13NO4. The fourth-order valence-corrected chi connectivity index (χ4v) is 1.31. The first-order chi connectivity index (χ1) is 6.56. The summed E-state index contributed by atoms with van der Waals surface area (Å²) in [6, 6.07) is 0. The van der Waals surface area contributed by atoms with Crippen LogP contribution < -0.4 is 0 Å². The van der Waals surface area contributed by atoms with Crippen molar-refractivity contribution in [1.82, 2.24) is 5.16 Å². The molecule has 0 amide bonds. The predicted octanol–water partition coefficient (Wildman–Crippen LogP) is 0.888. The van der Waals surface area contributed by atoms with E-state index in [0.717, 1.165) is 0 Å². The molecule has 0 aliphatic carbocycles. The zero-order valence-corrected chi connectivity index (χ0v) is 8.40. The van der Waals surface area contributed by atoms with Crippen LogP contribution in [0.3, 0.4) is 0 Å². The smallest absolute Gasteiger partial charge is 0.308 e. The highest BCUT2D eigenvalue weighted by Gasteiger charge is 2.20. The third-order valence-corrected chi connectivity index (χ3v) is 2.01. The SMILES string of the molecule is COC(=O)CC(O)c1c(C)noc1C. The number of aromatic nitrogens is 1. The monoisotopic (exact) mass is 199 g/mol. The summed E-state index contributed by atoms with van der Waals surface area (Å²) in [6.07, 6.45) is -0.993. The highest BCUT2D eigenvalue weighted by molar-refractivity contribution is 5.70. The molecule has 0 aliphatic rings. The average Bonchev–Trinajstić information content (AvgIpc) is 2.46. The lowest BCUT2D eigenvalue weighted by Crippen LogP contribution is -2.09. The summed E-state index contributed by atoms with van der Waals surface area (Å²) < 4.78 is 9.32. The quantitative estimate of drug-likeness (QED) is 0.732. The van der Waals surface area contributed by atoms with Gasteiger partial charge in [0.15, 0.2) is 0 Å². The predicted molar refractivity (Wildman–Crippen MR) is 47.6 cm³/mol. The minimum Gasteiger partial charge on any atom is -0.469 e. The number of rotatable bonds is 3. The van der Waals surface area contributed by atoms with Gasteiger partial charge in [-0.3, -0.25) is 4.79 Å². The van der Waals surface area contributed by atoms with Gasteiger partial charge in [0.1, 0.15) is 5.76 Å². The largest absolute Gasteiger partial charge is 0.469 e. The van der Waals surface area contributed by atoms with Gasteiger partial charge >= 0.3 is 5.97 Å². The zero-order valence-electron chi connectivity index (χ0n) is 8.40. The Bertz CT molecular complexity index is 312. The molecule has 0 bridgehead atoms. The molecule has 1 rings (SSSR count). The van der Waals surface area contributed by atoms with Crippen molar-refractivity contribution < 1.29 is 19.2 Å². The molecule has 1 atom stereocenters. The van der Waals surface area contributed by atoms with Crippen LogP contribution in [0.25, 0.3) is 0 Å². The van der Waals surface area contributed by atoms with E-state index in [0.29, 0.717) is 17.0 Å². The number of esters is 1. The van der Waals surface area contributed by atoms with Crippen LogP contribution in [-0.2, 0) is 9.53 Å². The number of methoxy groups -OCH3 is 1. The Balaban J connectivity index is 2.78. The molecule has 0 radical (unpaired) electrons. The highest BCUT2D eigenvalue weighted by Crippen LogP contribution is 2.23. The molecular weight excluding hydrogens is 186 g/mol. The Kier molecular flexibility index (Phi) is 3.24.